The number of fused-ring (bicyclic) bond motifs is 1. The fourth-order valence-corrected chi connectivity index (χ4v) is 4.72. The maximum atomic E-state index is 13.0. The molecule has 2 atom stereocenters. The van der Waals surface area contributed by atoms with Crippen molar-refractivity contribution in [3.8, 4) is 0 Å². The summed E-state index contributed by atoms with van der Waals surface area (Å²) in [5.41, 5.74) is 0.406. The van der Waals surface area contributed by atoms with Crippen LogP contribution in [0.15, 0.2) is 41.1 Å². The van der Waals surface area contributed by atoms with Crippen molar-refractivity contribution in [1.82, 2.24) is 25.4 Å². The lowest BCUT2D eigenvalue weighted by Crippen LogP contribution is -2.52. The molecule has 0 bridgehead atoms. The Morgan fingerprint density at radius 2 is 2.12 bits per heavy atom. The third-order valence-electron chi connectivity index (χ3n) is 6.32. The molecule has 0 saturated carbocycles. The van der Waals surface area contributed by atoms with Gasteiger partial charge in [-0.2, -0.15) is 0 Å². The molecule has 32 heavy (non-hydrogen) atoms. The van der Waals surface area contributed by atoms with E-state index in [9.17, 15) is 14.4 Å². The van der Waals surface area contributed by atoms with Gasteiger partial charge in [0.2, 0.25) is 11.8 Å². The van der Waals surface area contributed by atoms with Crippen molar-refractivity contribution in [3.63, 3.8) is 0 Å². The number of hydrogen-bond donors (Lipinski definition) is 2. The van der Waals surface area contributed by atoms with Gasteiger partial charge in [0.1, 0.15) is 17.6 Å². The van der Waals surface area contributed by atoms with Gasteiger partial charge < -0.3 is 24.9 Å². The average molecular weight is 438 g/mol. The van der Waals surface area contributed by atoms with Gasteiger partial charge in [-0.3, -0.25) is 19.3 Å². The van der Waals surface area contributed by atoms with E-state index < -0.39 is 6.04 Å². The minimum Gasteiger partial charge on any atom is -0.467 e. The molecule has 0 aromatic carbocycles. The third kappa shape index (κ3) is 4.05. The zero-order valence-corrected chi connectivity index (χ0v) is 17.7. The minimum absolute atomic E-state index is 0.0400. The van der Waals surface area contributed by atoms with Gasteiger partial charge in [0.15, 0.2) is 0 Å². The van der Waals surface area contributed by atoms with Crippen LogP contribution in [0.3, 0.4) is 0 Å². The Balaban J connectivity index is 1.22. The Morgan fingerprint density at radius 1 is 1.22 bits per heavy atom. The number of hydrogen-bond acceptors (Lipinski definition) is 7. The molecule has 10 nitrogen and oxygen atoms in total. The van der Waals surface area contributed by atoms with Crippen molar-refractivity contribution in [2.45, 2.75) is 25.0 Å². The Morgan fingerprint density at radius 3 is 2.94 bits per heavy atom. The van der Waals surface area contributed by atoms with Gasteiger partial charge in [-0.1, -0.05) is 6.07 Å². The van der Waals surface area contributed by atoms with Gasteiger partial charge in [-0.15, -0.1) is 0 Å². The summed E-state index contributed by atoms with van der Waals surface area (Å²) in [6.45, 7) is 3.93. The molecule has 2 N–H and O–H groups in total. The van der Waals surface area contributed by atoms with E-state index in [1.165, 1.54) is 6.26 Å². The fraction of sp³-hybridized carbons (Fsp3) is 0.455. The first-order valence-corrected chi connectivity index (χ1v) is 10.9. The number of amides is 3. The molecule has 5 heterocycles. The van der Waals surface area contributed by atoms with Crippen LogP contribution in [-0.4, -0.2) is 83.9 Å². The van der Waals surface area contributed by atoms with Gasteiger partial charge in [0.25, 0.3) is 5.91 Å². The van der Waals surface area contributed by atoms with Crippen LogP contribution in [-0.2, 0) is 16.1 Å². The summed E-state index contributed by atoms with van der Waals surface area (Å²) in [6.07, 6.45) is 3.80. The van der Waals surface area contributed by atoms with Crippen LogP contribution in [0.4, 0.5) is 5.82 Å². The summed E-state index contributed by atoms with van der Waals surface area (Å²) < 4.78 is 5.53. The lowest BCUT2D eigenvalue weighted by Gasteiger charge is -2.37. The summed E-state index contributed by atoms with van der Waals surface area (Å²) in [6, 6.07) is 6.91. The molecule has 3 fully saturated rings. The second-order valence-electron chi connectivity index (χ2n) is 8.40. The summed E-state index contributed by atoms with van der Waals surface area (Å²) in [7, 11) is 0. The van der Waals surface area contributed by atoms with Gasteiger partial charge in [0.05, 0.1) is 31.0 Å². The predicted octanol–water partition coefficient (Wildman–Crippen LogP) is -0.174. The highest BCUT2D eigenvalue weighted by molar-refractivity contribution is 5.99. The molecular formula is C22H26N6O4. The molecule has 2 unspecified atom stereocenters. The first-order valence-electron chi connectivity index (χ1n) is 10.9. The van der Waals surface area contributed by atoms with Gasteiger partial charge in [-0.05, 0) is 24.6 Å². The summed E-state index contributed by atoms with van der Waals surface area (Å²) in [4.78, 5) is 47.9. The van der Waals surface area contributed by atoms with Crippen molar-refractivity contribution >= 4 is 23.5 Å². The Kier molecular flexibility index (Phi) is 5.52. The van der Waals surface area contributed by atoms with Crippen LogP contribution in [0.5, 0.6) is 0 Å². The number of nitrogens with one attached hydrogen (secondary N) is 2. The largest absolute Gasteiger partial charge is 0.467 e. The highest BCUT2D eigenvalue weighted by atomic mass is 16.3. The van der Waals surface area contributed by atoms with E-state index >= 15 is 0 Å². The Hall–Kier alpha value is -3.40. The number of carbonyl (C=O) groups is 3. The fourth-order valence-electron chi connectivity index (χ4n) is 4.72. The van der Waals surface area contributed by atoms with Crippen molar-refractivity contribution in [1.29, 1.82) is 0 Å². The topological polar surface area (TPSA) is 111 Å². The molecule has 10 heteroatoms. The first kappa shape index (κ1) is 20.5. The van der Waals surface area contributed by atoms with Crippen molar-refractivity contribution in [2.24, 2.45) is 0 Å². The van der Waals surface area contributed by atoms with Crippen LogP contribution in [0, 0.1) is 0 Å². The monoisotopic (exact) mass is 438 g/mol. The number of furan rings is 1. The highest BCUT2D eigenvalue weighted by Crippen LogP contribution is 2.26. The van der Waals surface area contributed by atoms with Crippen molar-refractivity contribution in [2.75, 3.05) is 44.2 Å². The third-order valence-corrected chi connectivity index (χ3v) is 6.32. The highest BCUT2D eigenvalue weighted by Gasteiger charge is 2.43. The number of piperazine rings is 2. The molecule has 168 valence electrons. The van der Waals surface area contributed by atoms with Crippen LogP contribution >= 0.6 is 0 Å². The van der Waals surface area contributed by atoms with E-state index in [-0.39, 0.29) is 30.3 Å². The molecule has 2 aromatic heterocycles. The lowest BCUT2D eigenvalue weighted by atomic mass is 10.1. The normalized spacial score (nSPS) is 23.8. The van der Waals surface area contributed by atoms with E-state index in [0.717, 1.165) is 12.4 Å². The predicted molar refractivity (Wildman–Crippen MR) is 115 cm³/mol. The van der Waals surface area contributed by atoms with Crippen LogP contribution in [0.2, 0.25) is 0 Å². The summed E-state index contributed by atoms with van der Waals surface area (Å²) >= 11 is 0. The first-order chi connectivity index (χ1) is 15.6. The number of rotatable bonds is 5. The van der Waals surface area contributed by atoms with Crippen LogP contribution < -0.4 is 15.5 Å². The second-order valence-corrected chi connectivity index (χ2v) is 8.40. The zero-order chi connectivity index (χ0) is 22.1. The lowest BCUT2D eigenvalue weighted by molar-refractivity contribution is -0.130. The molecule has 3 saturated heterocycles. The van der Waals surface area contributed by atoms with Crippen LogP contribution in [0.25, 0.3) is 0 Å². The second kappa shape index (κ2) is 8.62. The maximum absolute atomic E-state index is 13.0. The minimum atomic E-state index is -0.556. The summed E-state index contributed by atoms with van der Waals surface area (Å²) in [5, 5.41) is 5.69. The number of pyridine rings is 1. The van der Waals surface area contributed by atoms with E-state index in [1.54, 1.807) is 12.3 Å². The Bertz CT molecular complexity index is 1010. The summed E-state index contributed by atoms with van der Waals surface area (Å²) in [5.74, 6) is 1.00. The maximum Gasteiger partial charge on any atom is 0.255 e. The van der Waals surface area contributed by atoms with E-state index in [2.05, 4.69) is 20.5 Å². The van der Waals surface area contributed by atoms with Crippen LogP contribution in [0.1, 0.15) is 22.5 Å². The van der Waals surface area contributed by atoms with E-state index in [4.69, 9.17) is 4.42 Å². The molecule has 3 amide bonds. The zero-order valence-electron chi connectivity index (χ0n) is 17.7. The smallest absolute Gasteiger partial charge is 0.255 e. The molecule has 0 spiro atoms. The number of anilines is 1. The quantitative estimate of drug-likeness (QED) is 0.667. The Labute approximate surface area is 185 Å². The average Bonchev–Trinajstić information content (AvgIpc) is 3.38. The number of aromatic nitrogens is 1. The number of carbonyl (C=O) groups excluding carboxylic acids is 3. The molecule has 3 aliphatic rings. The molecule has 0 aliphatic carbocycles. The molecule has 0 radical (unpaired) electrons. The van der Waals surface area contributed by atoms with Crippen molar-refractivity contribution in [3.05, 3.63) is 48.0 Å². The standard InChI is InChI=1S/C22H26N6O4/c29-20-14-26(7-6-24-20)13-18-16(4-10-32-18)21(30)25-17-11-15-12-27(8-9-28(15)22(17)31)19-3-1-2-5-23-19/h1-5,10,15,17H,6-9,11-14H2,(H,24,29)(H,25,30). The molecule has 3 aliphatic heterocycles. The van der Waals surface area contributed by atoms with Gasteiger partial charge in [0, 0.05) is 38.9 Å². The molecular weight excluding hydrogens is 412 g/mol. The van der Waals surface area contributed by atoms with Crippen molar-refractivity contribution < 1.29 is 18.8 Å². The SMILES string of the molecule is O=C1CN(Cc2occc2C(=O)NC2CC3CN(c4ccccn4)CCN3C2=O)CCN1. The number of nitrogens with zero attached hydrogens (tertiary/aromatic N) is 4. The molecule has 2 aromatic rings. The van der Waals surface area contributed by atoms with Gasteiger partial charge in [-0.25, -0.2) is 4.98 Å². The van der Waals surface area contributed by atoms with E-state index in [0.29, 0.717) is 50.5 Å². The van der Waals surface area contributed by atoms with Gasteiger partial charge >= 0.3 is 0 Å². The van der Waals surface area contributed by atoms with E-state index in [1.807, 2.05) is 28.0 Å². The molecule has 5 rings (SSSR count).